The first-order valence-corrected chi connectivity index (χ1v) is 5.76. The molecule has 1 aliphatic rings. The monoisotopic (exact) mass is 214 g/mol. The molecule has 0 N–H and O–H groups in total. The molecule has 0 aromatic rings. The third kappa shape index (κ3) is 2.58. The number of hydrogen-bond donors (Lipinski definition) is 0. The summed E-state index contributed by atoms with van der Waals surface area (Å²) in [6, 6.07) is 0. The van der Waals surface area contributed by atoms with Crippen LogP contribution in [-0.2, 0) is 19.3 Å². The zero-order chi connectivity index (χ0) is 9.19. The molecular weight excluding hydrogens is 204 g/mol. The fraction of sp³-hybridized carbons (Fsp3) is 1.00. The second kappa shape index (κ2) is 3.91. The summed E-state index contributed by atoms with van der Waals surface area (Å²) in [5.41, 5.74) is 0. The number of ether oxygens (including phenoxy) is 2. The minimum absolute atomic E-state index is 0.00291. The van der Waals surface area contributed by atoms with Crippen molar-refractivity contribution in [2.75, 3.05) is 25.4 Å². The molecule has 1 aliphatic heterocycles. The molecule has 1 fully saturated rings. The third-order valence-corrected chi connectivity index (χ3v) is 3.96. The van der Waals surface area contributed by atoms with Crippen LogP contribution in [0.2, 0.25) is 0 Å². The smallest absolute Gasteiger partial charge is 0.154 e. The number of hydrogen-bond acceptors (Lipinski definition) is 4. The Kier molecular flexibility index (Phi) is 3.34. The number of alkyl halides is 1. The third-order valence-electron chi connectivity index (χ3n) is 1.63. The van der Waals surface area contributed by atoms with Crippen LogP contribution >= 0.6 is 11.6 Å². The molecule has 1 saturated heterocycles. The van der Waals surface area contributed by atoms with Crippen molar-refractivity contribution in [3.8, 4) is 0 Å². The standard InChI is InChI=1S/C6H11ClO4S/c1-10-4-11-6-3-12(8,9)2-5(6)7/h5-6H,2-4H2,1H3. The summed E-state index contributed by atoms with van der Waals surface area (Å²) in [6.07, 6.45) is -0.420. The summed E-state index contributed by atoms with van der Waals surface area (Å²) in [6.45, 7) is 0.0867. The molecule has 1 heterocycles. The number of sulfone groups is 1. The van der Waals surface area contributed by atoms with E-state index in [-0.39, 0.29) is 18.3 Å². The van der Waals surface area contributed by atoms with E-state index in [4.69, 9.17) is 16.3 Å². The first-order valence-electron chi connectivity index (χ1n) is 3.50. The van der Waals surface area contributed by atoms with E-state index in [0.29, 0.717) is 0 Å². The molecule has 2 atom stereocenters. The predicted molar refractivity (Wildman–Crippen MR) is 45.0 cm³/mol. The molecule has 0 spiro atoms. The van der Waals surface area contributed by atoms with Gasteiger partial charge in [-0.15, -0.1) is 11.6 Å². The first-order chi connectivity index (χ1) is 5.55. The van der Waals surface area contributed by atoms with Gasteiger partial charge in [-0.1, -0.05) is 0 Å². The van der Waals surface area contributed by atoms with E-state index in [2.05, 4.69) is 4.74 Å². The van der Waals surface area contributed by atoms with Crippen LogP contribution in [-0.4, -0.2) is 45.3 Å². The second-order valence-corrected chi connectivity index (χ2v) is 5.42. The lowest BCUT2D eigenvalue weighted by atomic mass is 10.3. The molecule has 0 bridgehead atoms. The Labute approximate surface area is 76.7 Å². The van der Waals surface area contributed by atoms with Gasteiger partial charge in [0, 0.05) is 7.11 Å². The lowest BCUT2D eigenvalue weighted by Gasteiger charge is -2.11. The van der Waals surface area contributed by atoms with Gasteiger partial charge in [-0.05, 0) is 0 Å². The van der Waals surface area contributed by atoms with E-state index in [0.717, 1.165) is 0 Å². The van der Waals surface area contributed by atoms with Gasteiger partial charge < -0.3 is 9.47 Å². The normalized spacial score (nSPS) is 33.8. The summed E-state index contributed by atoms with van der Waals surface area (Å²) in [4.78, 5) is 0. The fourth-order valence-corrected chi connectivity index (χ4v) is 3.59. The van der Waals surface area contributed by atoms with E-state index in [1.807, 2.05) is 0 Å². The highest BCUT2D eigenvalue weighted by Gasteiger charge is 2.37. The molecule has 0 radical (unpaired) electrons. The van der Waals surface area contributed by atoms with Gasteiger partial charge >= 0.3 is 0 Å². The Hall–Kier alpha value is 0.160. The topological polar surface area (TPSA) is 52.6 Å². The lowest BCUT2D eigenvalue weighted by molar-refractivity contribution is -0.0611. The predicted octanol–water partition coefficient (Wildman–Crippen LogP) is 0.0113. The second-order valence-electron chi connectivity index (χ2n) is 2.70. The van der Waals surface area contributed by atoms with E-state index >= 15 is 0 Å². The highest BCUT2D eigenvalue weighted by atomic mass is 35.5. The lowest BCUT2D eigenvalue weighted by Crippen LogP contribution is -2.23. The molecule has 12 heavy (non-hydrogen) atoms. The van der Waals surface area contributed by atoms with Crippen molar-refractivity contribution in [3.05, 3.63) is 0 Å². The van der Waals surface area contributed by atoms with Crippen LogP contribution < -0.4 is 0 Å². The van der Waals surface area contributed by atoms with Crippen LogP contribution in [0.4, 0.5) is 0 Å². The molecule has 4 nitrogen and oxygen atoms in total. The van der Waals surface area contributed by atoms with Gasteiger partial charge in [0.15, 0.2) is 9.84 Å². The van der Waals surface area contributed by atoms with Crippen molar-refractivity contribution in [1.82, 2.24) is 0 Å². The van der Waals surface area contributed by atoms with Crippen LogP contribution in [0.25, 0.3) is 0 Å². The van der Waals surface area contributed by atoms with E-state index < -0.39 is 21.3 Å². The van der Waals surface area contributed by atoms with E-state index in [1.54, 1.807) is 0 Å². The maximum absolute atomic E-state index is 11.0. The Bertz CT molecular complexity index is 238. The van der Waals surface area contributed by atoms with Gasteiger partial charge in [0.25, 0.3) is 0 Å². The van der Waals surface area contributed by atoms with Crippen molar-refractivity contribution < 1.29 is 17.9 Å². The SMILES string of the molecule is COCOC1CS(=O)(=O)CC1Cl. The highest BCUT2D eigenvalue weighted by molar-refractivity contribution is 7.91. The molecule has 1 rings (SSSR count). The largest absolute Gasteiger partial charge is 0.359 e. The molecule has 0 aromatic carbocycles. The van der Waals surface area contributed by atoms with Crippen molar-refractivity contribution in [2.24, 2.45) is 0 Å². The zero-order valence-corrected chi connectivity index (χ0v) is 8.27. The van der Waals surface area contributed by atoms with E-state index in [9.17, 15) is 8.42 Å². The maximum Gasteiger partial charge on any atom is 0.154 e. The summed E-state index contributed by atoms with van der Waals surface area (Å²) >= 11 is 5.74. The van der Waals surface area contributed by atoms with Crippen molar-refractivity contribution >= 4 is 21.4 Å². The Morgan fingerprint density at radius 3 is 2.58 bits per heavy atom. The van der Waals surface area contributed by atoms with Gasteiger partial charge in [-0.25, -0.2) is 8.42 Å². The Balaban J connectivity index is 2.47. The van der Waals surface area contributed by atoms with Crippen molar-refractivity contribution in [2.45, 2.75) is 11.5 Å². The molecule has 0 aliphatic carbocycles. The average molecular weight is 215 g/mol. The van der Waals surface area contributed by atoms with Crippen LogP contribution in [0.5, 0.6) is 0 Å². The number of halogens is 1. The Morgan fingerprint density at radius 1 is 1.50 bits per heavy atom. The van der Waals surface area contributed by atoms with Gasteiger partial charge in [0.2, 0.25) is 0 Å². The van der Waals surface area contributed by atoms with Crippen LogP contribution in [0.1, 0.15) is 0 Å². The number of rotatable bonds is 3. The van der Waals surface area contributed by atoms with Gasteiger partial charge in [0.1, 0.15) is 6.79 Å². The van der Waals surface area contributed by atoms with Gasteiger partial charge in [-0.2, -0.15) is 0 Å². The summed E-state index contributed by atoms with van der Waals surface area (Å²) in [5, 5.41) is -0.440. The molecule has 0 aromatic heterocycles. The fourth-order valence-electron chi connectivity index (χ4n) is 1.08. The van der Waals surface area contributed by atoms with Crippen LogP contribution in [0.15, 0.2) is 0 Å². The molecule has 0 amide bonds. The summed E-state index contributed by atoms with van der Waals surface area (Å²) in [7, 11) is -1.51. The quantitative estimate of drug-likeness (QED) is 0.491. The molecule has 6 heteroatoms. The average Bonchev–Trinajstić information content (AvgIpc) is 2.20. The van der Waals surface area contributed by atoms with Gasteiger partial charge in [-0.3, -0.25) is 0 Å². The summed E-state index contributed by atoms with van der Waals surface area (Å²) < 4.78 is 31.7. The minimum atomic E-state index is -2.99. The van der Waals surface area contributed by atoms with E-state index in [1.165, 1.54) is 7.11 Å². The molecular formula is C6H11ClO4S. The molecule has 2 unspecified atom stereocenters. The minimum Gasteiger partial charge on any atom is -0.359 e. The van der Waals surface area contributed by atoms with Crippen LogP contribution in [0.3, 0.4) is 0 Å². The maximum atomic E-state index is 11.0. The Morgan fingerprint density at radius 2 is 2.17 bits per heavy atom. The van der Waals surface area contributed by atoms with Gasteiger partial charge in [0.05, 0.1) is 23.0 Å². The zero-order valence-electron chi connectivity index (χ0n) is 6.70. The number of methoxy groups -OCH3 is 1. The highest BCUT2D eigenvalue weighted by Crippen LogP contribution is 2.20. The summed E-state index contributed by atoms with van der Waals surface area (Å²) in [5.74, 6) is 0.00740. The van der Waals surface area contributed by atoms with Crippen molar-refractivity contribution in [3.63, 3.8) is 0 Å². The first kappa shape index (κ1) is 10.2. The van der Waals surface area contributed by atoms with Crippen molar-refractivity contribution in [1.29, 1.82) is 0 Å². The molecule has 72 valence electrons. The van der Waals surface area contributed by atoms with Crippen LogP contribution in [0, 0.1) is 0 Å². The molecule has 0 saturated carbocycles.